The fraction of sp³-hybridized carbons (Fsp3) is 0.455. The molecule has 2 aromatic heterocycles. The Bertz CT molecular complexity index is 1100. The van der Waals surface area contributed by atoms with Crippen LogP contribution < -0.4 is 15.0 Å². The molecule has 1 amide bonds. The van der Waals surface area contributed by atoms with Crippen molar-refractivity contribution in [3.63, 3.8) is 0 Å². The average molecular weight is 438 g/mol. The lowest BCUT2D eigenvalue weighted by atomic mass is 10.0. The number of amides is 1. The number of carbonyl (C=O) groups excluding carboxylic acids is 1. The van der Waals surface area contributed by atoms with Crippen molar-refractivity contribution in [3.05, 3.63) is 42.2 Å². The number of piperidine rings is 1. The highest BCUT2D eigenvalue weighted by Crippen LogP contribution is 2.32. The highest BCUT2D eigenvalue weighted by atomic mass is 16.7. The summed E-state index contributed by atoms with van der Waals surface area (Å²) in [7, 11) is 1.59. The molecule has 2 fully saturated rings. The number of aryl methyl sites for hydroxylation is 1. The number of nitrogens with zero attached hydrogens (tertiary/aromatic N) is 5. The maximum absolute atomic E-state index is 12.4. The first-order valence-electron chi connectivity index (χ1n) is 10.8. The zero-order valence-corrected chi connectivity index (χ0v) is 18.0. The molecule has 0 saturated carbocycles. The van der Waals surface area contributed by atoms with Crippen LogP contribution >= 0.6 is 0 Å². The van der Waals surface area contributed by atoms with Crippen molar-refractivity contribution in [2.75, 3.05) is 43.6 Å². The van der Waals surface area contributed by atoms with Gasteiger partial charge in [-0.3, -0.25) is 4.79 Å². The molecule has 1 aromatic carbocycles. The van der Waals surface area contributed by atoms with E-state index in [1.165, 1.54) is 0 Å². The van der Waals surface area contributed by atoms with Gasteiger partial charge in [-0.2, -0.15) is 4.52 Å². The van der Waals surface area contributed by atoms with Crippen molar-refractivity contribution >= 4 is 23.1 Å². The van der Waals surface area contributed by atoms with E-state index < -0.39 is 5.79 Å². The van der Waals surface area contributed by atoms with Gasteiger partial charge in [-0.1, -0.05) is 6.07 Å². The van der Waals surface area contributed by atoms with Gasteiger partial charge in [-0.25, -0.2) is 0 Å². The molecule has 5 rings (SSSR count). The van der Waals surface area contributed by atoms with Gasteiger partial charge in [0, 0.05) is 50.5 Å². The van der Waals surface area contributed by atoms with Crippen LogP contribution in [-0.2, 0) is 20.7 Å². The summed E-state index contributed by atoms with van der Waals surface area (Å²) in [5.74, 6) is 1.67. The first-order valence-corrected chi connectivity index (χ1v) is 10.8. The number of fused-ring (bicyclic) bond motifs is 1. The van der Waals surface area contributed by atoms with E-state index in [0.29, 0.717) is 42.5 Å². The standard InChI is InChI=1S/C22H26N6O4/c1-30-17-4-2-3-16(15-17)23-21(29)8-7-19-25-24-18-5-6-20(26-28(18)19)27-11-9-22(10-12-27)31-13-14-32-22/h2-6,15H,7-14H2,1H3,(H,23,29). The van der Waals surface area contributed by atoms with Crippen LogP contribution in [-0.4, -0.2) is 64.9 Å². The molecule has 0 radical (unpaired) electrons. The third kappa shape index (κ3) is 4.23. The number of hydrogen-bond donors (Lipinski definition) is 1. The summed E-state index contributed by atoms with van der Waals surface area (Å²) in [5.41, 5.74) is 1.35. The molecular formula is C22H26N6O4. The van der Waals surface area contributed by atoms with Gasteiger partial charge in [0.1, 0.15) is 11.6 Å². The SMILES string of the molecule is COc1cccc(NC(=O)CCc2nnc3ccc(N4CCC5(CC4)OCCO5)nn23)c1. The summed E-state index contributed by atoms with van der Waals surface area (Å²) in [5, 5.41) is 16.1. The van der Waals surface area contributed by atoms with Crippen molar-refractivity contribution in [2.45, 2.75) is 31.5 Å². The van der Waals surface area contributed by atoms with Gasteiger partial charge in [0.2, 0.25) is 5.91 Å². The van der Waals surface area contributed by atoms with E-state index in [0.717, 1.165) is 31.7 Å². The highest BCUT2D eigenvalue weighted by molar-refractivity contribution is 5.90. The van der Waals surface area contributed by atoms with E-state index in [9.17, 15) is 4.79 Å². The Labute approximate surface area is 185 Å². The van der Waals surface area contributed by atoms with Crippen LogP contribution in [0.5, 0.6) is 5.75 Å². The molecule has 32 heavy (non-hydrogen) atoms. The second-order valence-corrected chi connectivity index (χ2v) is 7.95. The van der Waals surface area contributed by atoms with Crippen LogP contribution in [0.2, 0.25) is 0 Å². The van der Waals surface area contributed by atoms with Gasteiger partial charge in [0.15, 0.2) is 17.3 Å². The Hall–Kier alpha value is -3.24. The Morgan fingerprint density at radius 3 is 2.75 bits per heavy atom. The number of rotatable bonds is 6. The zero-order chi connectivity index (χ0) is 22.0. The van der Waals surface area contributed by atoms with Crippen molar-refractivity contribution in [1.29, 1.82) is 0 Å². The second kappa shape index (κ2) is 8.71. The molecular weight excluding hydrogens is 412 g/mol. The van der Waals surface area contributed by atoms with Crippen LogP contribution in [0.25, 0.3) is 5.65 Å². The Morgan fingerprint density at radius 2 is 1.97 bits per heavy atom. The third-order valence-electron chi connectivity index (χ3n) is 5.91. The molecule has 10 nitrogen and oxygen atoms in total. The number of nitrogens with one attached hydrogen (secondary N) is 1. The van der Waals surface area contributed by atoms with Crippen molar-refractivity contribution in [1.82, 2.24) is 19.8 Å². The van der Waals surface area contributed by atoms with Crippen LogP contribution in [0.15, 0.2) is 36.4 Å². The Morgan fingerprint density at radius 1 is 1.16 bits per heavy atom. The number of hydrogen-bond acceptors (Lipinski definition) is 8. The number of benzene rings is 1. The fourth-order valence-electron chi connectivity index (χ4n) is 4.16. The maximum atomic E-state index is 12.4. The second-order valence-electron chi connectivity index (χ2n) is 7.95. The number of anilines is 2. The van der Waals surface area contributed by atoms with E-state index in [1.807, 2.05) is 30.3 Å². The molecule has 168 valence electrons. The first kappa shape index (κ1) is 20.7. The molecule has 10 heteroatoms. The lowest BCUT2D eigenvalue weighted by Crippen LogP contribution is -2.45. The monoisotopic (exact) mass is 438 g/mol. The first-order chi connectivity index (χ1) is 15.6. The highest BCUT2D eigenvalue weighted by Gasteiger charge is 2.40. The fourth-order valence-corrected chi connectivity index (χ4v) is 4.16. The summed E-state index contributed by atoms with van der Waals surface area (Å²) in [4.78, 5) is 14.6. The maximum Gasteiger partial charge on any atom is 0.224 e. The van der Waals surface area contributed by atoms with E-state index >= 15 is 0 Å². The van der Waals surface area contributed by atoms with Crippen molar-refractivity contribution in [3.8, 4) is 5.75 Å². The minimum absolute atomic E-state index is 0.107. The molecule has 1 spiro atoms. The topological polar surface area (TPSA) is 103 Å². The molecule has 0 aliphatic carbocycles. The number of aromatic nitrogens is 4. The lowest BCUT2D eigenvalue weighted by Gasteiger charge is -2.38. The quantitative estimate of drug-likeness (QED) is 0.624. The molecule has 1 N–H and O–H groups in total. The summed E-state index contributed by atoms with van der Waals surface area (Å²) in [6.45, 7) is 2.94. The normalized spacial score (nSPS) is 17.7. The van der Waals surface area contributed by atoms with Crippen molar-refractivity contribution in [2.24, 2.45) is 0 Å². The molecule has 4 heterocycles. The van der Waals surface area contributed by atoms with E-state index in [1.54, 1.807) is 17.7 Å². The summed E-state index contributed by atoms with van der Waals surface area (Å²) in [6, 6.07) is 11.1. The van der Waals surface area contributed by atoms with Crippen LogP contribution in [0, 0.1) is 0 Å². The van der Waals surface area contributed by atoms with E-state index in [2.05, 4.69) is 20.4 Å². The minimum Gasteiger partial charge on any atom is -0.497 e. The molecule has 0 unspecified atom stereocenters. The summed E-state index contributed by atoms with van der Waals surface area (Å²) < 4.78 is 18.5. The van der Waals surface area contributed by atoms with Crippen LogP contribution in [0.3, 0.4) is 0 Å². The number of methoxy groups -OCH3 is 1. The predicted octanol–water partition coefficient (Wildman–Crippen LogP) is 2.05. The van der Waals surface area contributed by atoms with Gasteiger partial charge in [0.05, 0.1) is 20.3 Å². The van der Waals surface area contributed by atoms with Gasteiger partial charge in [-0.05, 0) is 24.3 Å². The van der Waals surface area contributed by atoms with Gasteiger partial charge in [-0.15, -0.1) is 15.3 Å². The minimum atomic E-state index is -0.418. The Kier molecular flexibility index (Phi) is 5.62. The number of carbonyl (C=O) groups is 1. The Balaban J connectivity index is 1.23. The molecule has 3 aromatic rings. The van der Waals surface area contributed by atoms with Gasteiger partial charge >= 0.3 is 0 Å². The molecule has 2 aliphatic heterocycles. The predicted molar refractivity (Wildman–Crippen MR) is 117 cm³/mol. The van der Waals surface area contributed by atoms with Gasteiger partial charge in [0.25, 0.3) is 0 Å². The summed E-state index contributed by atoms with van der Waals surface area (Å²) in [6.07, 6.45) is 2.32. The van der Waals surface area contributed by atoms with Crippen LogP contribution in [0.4, 0.5) is 11.5 Å². The van der Waals surface area contributed by atoms with Crippen LogP contribution in [0.1, 0.15) is 25.1 Å². The number of ether oxygens (including phenoxy) is 3. The largest absolute Gasteiger partial charge is 0.497 e. The van der Waals surface area contributed by atoms with E-state index in [4.69, 9.17) is 19.3 Å². The summed E-state index contributed by atoms with van der Waals surface area (Å²) >= 11 is 0. The third-order valence-corrected chi connectivity index (χ3v) is 5.91. The van der Waals surface area contributed by atoms with Gasteiger partial charge < -0.3 is 24.4 Å². The average Bonchev–Trinajstić information content (AvgIpc) is 3.45. The van der Waals surface area contributed by atoms with Crippen molar-refractivity contribution < 1.29 is 19.0 Å². The smallest absolute Gasteiger partial charge is 0.224 e. The zero-order valence-electron chi connectivity index (χ0n) is 18.0. The lowest BCUT2D eigenvalue weighted by molar-refractivity contribution is -0.169. The molecule has 0 bridgehead atoms. The van der Waals surface area contributed by atoms with E-state index in [-0.39, 0.29) is 12.3 Å². The molecule has 0 atom stereocenters. The molecule has 2 aliphatic rings. The molecule has 2 saturated heterocycles.